The Bertz CT molecular complexity index is 508. The van der Waals surface area contributed by atoms with Gasteiger partial charge in [0.05, 0.1) is 12.3 Å². The standard InChI is InChI=1S/C18H28N2O2/c1-13(2)9-10-22-17-7-5-15(11-16(17)19)6-8-18(21)20-12-14(3)4/h5-8,11,13-14H,9-10,12,19H2,1-4H3,(H,20,21)/b8-6-. The molecule has 22 heavy (non-hydrogen) atoms. The van der Waals surface area contributed by atoms with E-state index in [4.69, 9.17) is 10.5 Å². The predicted octanol–water partition coefficient (Wildman–Crippen LogP) is 3.48. The van der Waals surface area contributed by atoms with Crippen molar-refractivity contribution in [2.24, 2.45) is 11.8 Å². The summed E-state index contributed by atoms with van der Waals surface area (Å²) in [6.45, 7) is 9.77. The molecule has 1 amide bonds. The highest BCUT2D eigenvalue weighted by atomic mass is 16.5. The second kappa shape index (κ2) is 9.13. The monoisotopic (exact) mass is 304 g/mol. The van der Waals surface area contributed by atoms with E-state index in [1.54, 1.807) is 6.08 Å². The van der Waals surface area contributed by atoms with Gasteiger partial charge in [0.25, 0.3) is 0 Å². The summed E-state index contributed by atoms with van der Waals surface area (Å²) in [6.07, 6.45) is 4.28. The smallest absolute Gasteiger partial charge is 0.244 e. The van der Waals surface area contributed by atoms with Crippen molar-refractivity contribution in [3.63, 3.8) is 0 Å². The topological polar surface area (TPSA) is 64.3 Å². The minimum atomic E-state index is -0.0930. The Balaban J connectivity index is 2.55. The largest absolute Gasteiger partial charge is 0.491 e. The molecular formula is C18H28N2O2. The molecule has 1 aromatic rings. The van der Waals surface area contributed by atoms with Crippen LogP contribution in [0.3, 0.4) is 0 Å². The van der Waals surface area contributed by atoms with Crippen LogP contribution in [0.15, 0.2) is 24.3 Å². The first-order valence-corrected chi connectivity index (χ1v) is 7.86. The van der Waals surface area contributed by atoms with E-state index in [0.29, 0.717) is 36.4 Å². The minimum absolute atomic E-state index is 0.0930. The molecule has 0 radical (unpaired) electrons. The van der Waals surface area contributed by atoms with Gasteiger partial charge in [-0.05, 0) is 42.0 Å². The third-order valence-electron chi connectivity index (χ3n) is 3.10. The number of hydrogen-bond acceptors (Lipinski definition) is 3. The summed E-state index contributed by atoms with van der Waals surface area (Å²) in [4.78, 5) is 11.6. The van der Waals surface area contributed by atoms with Gasteiger partial charge in [0.2, 0.25) is 5.91 Å². The number of hydrogen-bond donors (Lipinski definition) is 2. The number of benzene rings is 1. The minimum Gasteiger partial charge on any atom is -0.491 e. The van der Waals surface area contributed by atoms with E-state index in [2.05, 4.69) is 33.0 Å². The van der Waals surface area contributed by atoms with Crippen molar-refractivity contribution in [3.8, 4) is 5.75 Å². The van der Waals surface area contributed by atoms with Gasteiger partial charge in [-0.1, -0.05) is 33.8 Å². The lowest BCUT2D eigenvalue weighted by molar-refractivity contribution is -0.116. The van der Waals surface area contributed by atoms with E-state index in [1.807, 2.05) is 18.2 Å². The van der Waals surface area contributed by atoms with Crippen molar-refractivity contribution in [3.05, 3.63) is 29.8 Å². The average Bonchev–Trinajstić information content (AvgIpc) is 2.44. The number of carbonyl (C=O) groups excluding carboxylic acids is 1. The second-order valence-electron chi connectivity index (χ2n) is 6.30. The molecule has 0 saturated heterocycles. The summed E-state index contributed by atoms with van der Waals surface area (Å²) in [5.74, 6) is 1.65. The third-order valence-corrected chi connectivity index (χ3v) is 3.10. The molecule has 0 aliphatic carbocycles. The van der Waals surface area contributed by atoms with Crippen LogP contribution in [0, 0.1) is 11.8 Å². The Hall–Kier alpha value is -1.97. The van der Waals surface area contributed by atoms with E-state index in [0.717, 1.165) is 12.0 Å². The van der Waals surface area contributed by atoms with Gasteiger partial charge < -0.3 is 15.8 Å². The van der Waals surface area contributed by atoms with Gasteiger partial charge in [-0.25, -0.2) is 0 Å². The van der Waals surface area contributed by atoms with Crippen molar-refractivity contribution >= 4 is 17.7 Å². The van der Waals surface area contributed by atoms with E-state index in [1.165, 1.54) is 6.08 Å². The molecular weight excluding hydrogens is 276 g/mol. The van der Waals surface area contributed by atoms with Gasteiger partial charge in [0, 0.05) is 12.6 Å². The Labute approximate surface area is 133 Å². The maximum atomic E-state index is 11.6. The number of nitrogen functional groups attached to an aromatic ring is 1. The zero-order chi connectivity index (χ0) is 16.5. The maximum absolute atomic E-state index is 11.6. The molecule has 122 valence electrons. The lowest BCUT2D eigenvalue weighted by atomic mass is 10.1. The lowest BCUT2D eigenvalue weighted by Crippen LogP contribution is -2.25. The predicted molar refractivity (Wildman–Crippen MR) is 92.7 cm³/mol. The van der Waals surface area contributed by atoms with Crippen LogP contribution in [0.1, 0.15) is 39.7 Å². The van der Waals surface area contributed by atoms with E-state index < -0.39 is 0 Å². The number of nitrogens with one attached hydrogen (secondary N) is 1. The Morgan fingerprint density at radius 3 is 2.59 bits per heavy atom. The summed E-state index contributed by atoms with van der Waals surface area (Å²) in [6, 6.07) is 5.56. The van der Waals surface area contributed by atoms with Crippen LogP contribution in [0.5, 0.6) is 5.75 Å². The first kappa shape index (κ1) is 18.1. The number of amides is 1. The fourth-order valence-electron chi connectivity index (χ4n) is 1.74. The molecule has 3 N–H and O–H groups in total. The summed E-state index contributed by atoms with van der Waals surface area (Å²) in [7, 11) is 0. The second-order valence-corrected chi connectivity index (χ2v) is 6.30. The number of carbonyl (C=O) groups is 1. The van der Waals surface area contributed by atoms with Crippen LogP contribution in [-0.2, 0) is 4.79 Å². The molecule has 4 nitrogen and oxygen atoms in total. The molecule has 0 heterocycles. The molecule has 0 bridgehead atoms. The maximum Gasteiger partial charge on any atom is 0.244 e. The van der Waals surface area contributed by atoms with Crippen molar-refractivity contribution < 1.29 is 9.53 Å². The fraction of sp³-hybridized carbons (Fsp3) is 0.500. The Morgan fingerprint density at radius 1 is 1.27 bits per heavy atom. The molecule has 0 atom stereocenters. The molecule has 0 saturated carbocycles. The number of ether oxygens (including phenoxy) is 1. The normalized spacial score (nSPS) is 11.4. The van der Waals surface area contributed by atoms with Crippen molar-refractivity contribution in [2.75, 3.05) is 18.9 Å². The fourth-order valence-corrected chi connectivity index (χ4v) is 1.74. The zero-order valence-corrected chi connectivity index (χ0v) is 14.1. The first-order chi connectivity index (χ1) is 10.4. The van der Waals surface area contributed by atoms with Crippen molar-refractivity contribution in [2.45, 2.75) is 34.1 Å². The Morgan fingerprint density at radius 2 is 2.00 bits per heavy atom. The van der Waals surface area contributed by atoms with Crippen LogP contribution in [0.4, 0.5) is 5.69 Å². The molecule has 0 aliphatic heterocycles. The number of nitrogens with two attached hydrogens (primary N) is 1. The highest BCUT2D eigenvalue weighted by molar-refractivity contribution is 5.91. The number of rotatable bonds is 8. The van der Waals surface area contributed by atoms with E-state index >= 15 is 0 Å². The molecule has 1 aromatic carbocycles. The summed E-state index contributed by atoms with van der Waals surface area (Å²) in [5, 5.41) is 2.84. The highest BCUT2D eigenvalue weighted by Crippen LogP contribution is 2.23. The van der Waals surface area contributed by atoms with Crippen LogP contribution in [0.25, 0.3) is 6.08 Å². The lowest BCUT2D eigenvalue weighted by Gasteiger charge is -2.10. The molecule has 4 heteroatoms. The Kier molecular flexibility index (Phi) is 7.50. The van der Waals surface area contributed by atoms with E-state index in [-0.39, 0.29) is 5.91 Å². The van der Waals surface area contributed by atoms with Crippen LogP contribution in [0.2, 0.25) is 0 Å². The van der Waals surface area contributed by atoms with Crippen molar-refractivity contribution in [1.82, 2.24) is 5.32 Å². The van der Waals surface area contributed by atoms with Gasteiger partial charge >= 0.3 is 0 Å². The molecule has 0 spiro atoms. The summed E-state index contributed by atoms with van der Waals surface area (Å²) >= 11 is 0. The van der Waals surface area contributed by atoms with Gasteiger partial charge in [-0.15, -0.1) is 0 Å². The highest BCUT2D eigenvalue weighted by Gasteiger charge is 2.03. The van der Waals surface area contributed by atoms with Gasteiger partial charge in [0.15, 0.2) is 0 Å². The summed E-state index contributed by atoms with van der Waals surface area (Å²) in [5.41, 5.74) is 7.46. The van der Waals surface area contributed by atoms with Gasteiger partial charge in [-0.2, -0.15) is 0 Å². The molecule has 0 fully saturated rings. The third kappa shape index (κ3) is 7.16. The van der Waals surface area contributed by atoms with Gasteiger partial charge in [-0.3, -0.25) is 4.79 Å². The quantitative estimate of drug-likeness (QED) is 0.571. The van der Waals surface area contributed by atoms with Crippen LogP contribution < -0.4 is 15.8 Å². The van der Waals surface area contributed by atoms with Crippen molar-refractivity contribution in [1.29, 1.82) is 0 Å². The molecule has 0 aromatic heterocycles. The average molecular weight is 304 g/mol. The van der Waals surface area contributed by atoms with Crippen LogP contribution in [-0.4, -0.2) is 19.1 Å². The van der Waals surface area contributed by atoms with E-state index in [9.17, 15) is 4.79 Å². The van der Waals surface area contributed by atoms with Crippen LogP contribution >= 0.6 is 0 Å². The molecule has 1 rings (SSSR count). The SMILES string of the molecule is CC(C)CCOc1ccc(/C=C\C(=O)NCC(C)C)cc1N. The first-order valence-electron chi connectivity index (χ1n) is 7.86. The van der Waals surface area contributed by atoms with Gasteiger partial charge in [0.1, 0.15) is 5.75 Å². The molecule has 0 aliphatic rings. The number of anilines is 1. The zero-order valence-electron chi connectivity index (χ0n) is 14.1. The summed E-state index contributed by atoms with van der Waals surface area (Å²) < 4.78 is 5.66. The molecule has 0 unspecified atom stereocenters.